The molecule has 0 heterocycles. The molecule has 0 fully saturated rings. The van der Waals surface area contributed by atoms with Crippen molar-refractivity contribution in [1.29, 1.82) is 0 Å². The van der Waals surface area contributed by atoms with Crippen molar-refractivity contribution in [3.8, 4) is 0 Å². The zero-order valence-electron chi connectivity index (χ0n) is 8.44. The normalized spacial score (nSPS) is 15.5. The number of rotatable bonds is 4. The van der Waals surface area contributed by atoms with Crippen molar-refractivity contribution in [2.24, 2.45) is 0 Å². The molecule has 15 heavy (non-hydrogen) atoms. The van der Waals surface area contributed by atoms with Crippen LogP contribution in [0, 0.1) is 0 Å². The zero-order chi connectivity index (χ0) is 11.9. The fraction of sp³-hybridized carbons (Fsp3) is 0.200. The van der Waals surface area contributed by atoms with Gasteiger partial charge in [0.2, 0.25) is 0 Å². The van der Waals surface area contributed by atoms with Crippen molar-refractivity contribution < 1.29 is 8.42 Å². The molecular weight excluding hydrogens is 255 g/mol. The van der Waals surface area contributed by atoms with Crippen LogP contribution >= 0.6 is 23.2 Å². The maximum absolute atomic E-state index is 11.5. The fourth-order valence-corrected chi connectivity index (χ4v) is 2.49. The molecule has 0 spiro atoms. The van der Waals surface area contributed by atoms with Gasteiger partial charge in [0.1, 0.15) is 0 Å². The van der Waals surface area contributed by atoms with E-state index in [2.05, 4.69) is 0 Å². The Bertz CT molecular complexity index is 381. The summed E-state index contributed by atoms with van der Waals surface area (Å²) in [5, 5.41) is 2.27. The van der Waals surface area contributed by atoms with E-state index in [1.807, 2.05) is 0 Å². The van der Waals surface area contributed by atoms with E-state index in [-0.39, 0.29) is 0 Å². The first-order valence-electron chi connectivity index (χ1n) is 4.06. The average Bonchev–Trinajstić information content (AvgIpc) is 2.01. The van der Waals surface area contributed by atoms with Crippen LogP contribution in [0.3, 0.4) is 0 Å². The standard InChI is InChI=1S/C10H12Cl2O2S/c1-9(3-5-11)7-15(13,14)8-10(2)4-6-12/h3-8H,1-2H3. The van der Waals surface area contributed by atoms with Crippen molar-refractivity contribution in [3.63, 3.8) is 0 Å². The predicted octanol–water partition coefficient (Wildman–Crippen LogP) is 3.71. The van der Waals surface area contributed by atoms with Crippen LogP contribution in [0.15, 0.2) is 45.2 Å². The Labute approximate surface area is 100 Å². The van der Waals surface area contributed by atoms with Crippen LogP contribution in [0.2, 0.25) is 0 Å². The molecule has 0 atom stereocenters. The maximum atomic E-state index is 11.5. The van der Waals surface area contributed by atoms with Crippen LogP contribution in [0.4, 0.5) is 0 Å². The van der Waals surface area contributed by atoms with E-state index >= 15 is 0 Å². The summed E-state index contributed by atoms with van der Waals surface area (Å²) in [6.07, 6.45) is 3.00. The molecule has 5 heteroatoms. The number of allylic oxidation sites excluding steroid dienone is 4. The molecule has 0 unspecified atom stereocenters. The SMILES string of the molecule is CC(C=CCl)=CS(=O)(=O)C=C(C)C=CCl. The van der Waals surface area contributed by atoms with E-state index in [4.69, 9.17) is 23.2 Å². The quantitative estimate of drug-likeness (QED) is 0.727. The second-order valence-corrected chi connectivity index (χ2v) is 5.05. The predicted molar refractivity (Wildman–Crippen MR) is 66.4 cm³/mol. The van der Waals surface area contributed by atoms with Crippen molar-refractivity contribution in [2.75, 3.05) is 0 Å². The van der Waals surface area contributed by atoms with E-state index in [1.165, 1.54) is 23.2 Å². The highest BCUT2D eigenvalue weighted by Gasteiger charge is 2.02. The third-order valence-electron chi connectivity index (χ3n) is 1.35. The molecule has 0 aromatic rings. The van der Waals surface area contributed by atoms with Gasteiger partial charge >= 0.3 is 0 Å². The van der Waals surface area contributed by atoms with Gasteiger partial charge in [0.15, 0.2) is 9.84 Å². The lowest BCUT2D eigenvalue weighted by molar-refractivity contribution is 0.612. The molecule has 0 N–H and O–H groups in total. The van der Waals surface area contributed by atoms with Crippen LogP contribution < -0.4 is 0 Å². The van der Waals surface area contributed by atoms with Crippen LogP contribution in [-0.4, -0.2) is 8.42 Å². The Morgan fingerprint density at radius 3 is 1.53 bits per heavy atom. The Morgan fingerprint density at radius 1 is 0.933 bits per heavy atom. The highest BCUT2D eigenvalue weighted by Crippen LogP contribution is 2.07. The highest BCUT2D eigenvalue weighted by atomic mass is 35.5. The van der Waals surface area contributed by atoms with Gasteiger partial charge in [-0.15, -0.1) is 0 Å². The van der Waals surface area contributed by atoms with Crippen LogP contribution in [0.25, 0.3) is 0 Å². The number of sulfone groups is 1. The molecule has 84 valence electrons. The summed E-state index contributed by atoms with van der Waals surface area (Å²) in [5.74, 6) is 0. The third-order valence-corrected chi connectivity index (χ3v) is 3.00. The molecule has 0 amide bonds. The first-order valence-corrected chi connectivity index (χ1v) is 6.54. The molecule has 0 aromatic heterocycles. The first-order chi connectivity index (χ1) is 6.91. The van der Waals surface area contributed by atoms with Gasteiger partial charge < -0.3 is 0 Å². The summed E-state index contributed by atoms with van der Waals surface area (Å²) < 4.78 is 23.0. The summed E-state index contributed by atoms with van der Waals surface area (Å²) >= 11 is 10.6. The minimum Gasteiger partial charge on any atom is -0.220 e. The molecule has 0 rings (SSSR count). The molecule has 0 saturated heterocycles. The van der Waals surface area contributed by atoms with Gasteiger partial charge in [0.05, 0.1) is 0 Å². The molecule has 2 nitrogen and oxygen atoms in total. The van der Waals surface area contributed by atoms with Crippen molar-refractivity contribution in [3.05, 3.63) is 45.2 Å². The molecule has 0 aliphatic heterocycles. The molecule has 0 saturated carbocycles. The van der Waals surface area contributed by atoms with E-state index < -0.39 is 9.84 Å². The van der Waals surface area contributed by atoms with E-state index in [1.54, 1.807) is 13.8 Å². The van der Waals surface area contributed by atoms with Crippen molar-refractivity contribution in [2.45, 2.75) is 13.8 Å². The molecule has 0 radical (unpaired) electrons. The Balaban J connectivity index is 5.03. The third kappa shape index (κ3) is 7.42. The first kappa shape index (κ1) is 14.5. The lowest BCUT2D eigenvalue weighted by Gasteiger charge is -1.94. The Morgan fingerprint density at radius 2 is 1.27 bits per heavy atom. The largest absolute Gasteiger partial charge is 0.220 e. The molecule has 0 aliphatic rings. The summed E-state index contributed by atoms with van der Waals surface area (Å²) in [6, 6.07) is 0. The van der Waals surface area contributed by atoms with Crippen LogP contribution in [0.1, 0.15) is 13.8 Å². The number of hydrogen-bond acceptors (Lipinski definition) is 2. The number of halogens is 2. The lowest BCUT2D eigenvalue weighted by atomic mass is 10.4. The Kier molecular flexibility index (Phi) is 6.65. The fourth-order valence-electron chi connectivity index (χ4n) is 0.830. The van der Waals surface area contributed by atoms with Crippen molar-refractivity contribution >= 4 is 33.0 Å². The lowest BCUT2D eigenvalue weighted by Crippen LogP contribution is -1.91. The van der Waals surface area contributed by atoms with Gasteiger partial charge in [0.25, 0.3) is 0 Å². The monoisotopic (exact) mass is 266 g/mol. The minimum atomic E-state index is -3.37. The molecule has 0 aliphatic carbocycles. The molecular formula is C10H12Cl2O2S. The topological polar surface area (TPSA) is 34.1 Å². The summed E-state index contributed by atoms with van der Waals surface area (Å²) in [5.41, 5.74) is 3.64. The van der Waals surface area contributed by atoms with Crippen LogP contribution in [-0.2, 0) is 9.84 Å². The Hall–Kier alpha value is -0.510. The number of hydrogen-bond donors (Lipinski definition) is 0. The smallest absolute Gasteiger partial charge is 0.193 e. The van der Waals surface area contributed by atoms with Gasteiger partial charge in [-0.1, -0.05) is 23.2 Å². The van der Waals surface area contributed by atoms with Crippen molar-refractivity contribution in [1.82, 2.24) is 0 Å². The second-order valence-electron chi connectivity index (χ2n) is 2.90. The molecule has 0 bridgehead atoms. The van der Waals surface area contributed by atoms with Gasteiger partial charge in [0, 0.05) is 21.9 Å². The zero-order valence-corrected chi connectivity index (χ0v) is 10.8. The van der Waals surface area contributed by atoms with Crippen LogP contribution in [0.5, 0.6) is 0 Å². The second kappa shape index (κ2) is 6.88. The van der Waals surface area contributed by atoms with Gasteiger partial charge in [-0.05, 0) is 37.1 Å². The van der Waals surface area contributed by atoms with Gasteiger partial charge in [-0.3, -0.25) is 0 Å². The minimum absolute atomic E-state index is 0.559. The van der Waals surface area contributed by atoms with E-state index in [9.17, 15) is 8.42 Å². The van der Waals surface area contributed by atoms with E-state index in [0.29, 0.717) is 11.1 Å². The summed E-state index contributed by atoms with van der Waals surface area (Å²) in [4.78, 5) is 0. The summed E-state index contributed by atoms with van der Waals surface area (Å²) in [7, 11) is -3.37. The maximum Gasteiger partial charge on any atom is 0.193 e. The molecule has 0 aromatic carbocycles. The highest BCUT2D eigenvalue weighted by molar-refractivity contribution is 7.97. The van der Waals surface area contributed by atoms with E-state index in [0.717, 1.165) is 10.8 Å². The van der Waals surface area contributed by atoms with Gasteiger partial charge in [-0.2, -0.15) is 0 Å². The average molecular weight is 267 g/mol. The van der Waals surface area contributed by atoms with Gasteiger partial charge in [-0.25, -0.2) is 8.42 Å². The summed E-state index contributed by atoms with van der Waals surface area (Å²) in [6.45, 7) is 3.30.